The number of hydrogen-bond acceptors (Lipinski definition) is 2. The van der Waals surface area contributed by atoms with Gasteiger partial charge in [-0.3, -0.25) is 4.79 Å². The number of nitrogens with one attached hydrogen (secondary N) is 1. The van der Waals surface area contributed by atoms with Crippen molar-refractivity contribution in [2.24, 2.45) is 0 Å². The number of alkyl halides is 3. The summed E-state index contributed by atoms with van der Waals surface area (Å²) in [6.07, 6.45) is -2.65. The fourth-order valence-electron chi connectivity index (χ4n) is 2.08. The molecule has 0 saturated heterocycles. The quantitative estimate of drug-likeness (QED) is 0.742. The van der Waals surface area contributed by atoms with Crippen molar-refractivity contribution in [2.75, 3.05) is 11.9 Å². The maximum absolute atomic E-state index is 12.7. The van der Waals surface area contributed by atoms with E-state index in [4.69, 9.17) is 4.74 Å². The van der Waals surface area contributed by atoms with Gasteiger partial charge in [-0.15, -0.1) is 0 Å². The molecular weight excluding hydrogens is 319 g/mol. The SMILES string of the molecule is CCCCOc1ccccc1C(=O)Nc1cccc(C(F)(F)F)c1. The van der Waals surface area contributed by atoms with E-state index in [0.717, 1.165) is 25.0 Å². The van der Waals surface area contributed by atoms with Crippen LogP contribution in [0.2, 0.25) is 0 Å². The molecule has 0 spiro atoms. The van der Waals surface area contributed by atoms with E-state index in [2.05, 4.69) is 5.32 Å². The smallest absolute Gasteiger partial charge is 0.416 e. The van der Waals surface area contributed by atoms with Gasteiger partial charge in [0.25, 0.3) is 5.91 Å². The average Bonchev–Trinajstić information content (AvgIpc) is 2.55. The van der Waals surface area contributed by atoms with Crippen LogP contribution >= 0.6 is 0 Å². The molecule has 0 aromatic heterocycles. The molecule has 0 unspecified atom stereocenters. The standard InChI is InChI=1S/C18H18F3NO2/c1-2-3-11-24-16-10-5-4-9-15(16)17(23)22-14-8-6-7-13(12-14)18(19,20)21/h4-10,12H,2-3,11H2,1H3,(H,22,23). The van der Waals surface area contributed by atoms with Gasteiger partial charge < -0.3 is 10.1 Å². The van der Waals surface area contributed by atoms with Crippen molar-refractivity contribution in [3.63, 3.8) is 0 Å². The van der Waals surface area contributed by atoms with Crippen LogP contribution in [0.3, 0.4) is 0 Å². The summed E-state index contributed by atoms with van der Waals surface area (Å²) in [5, 5.41) is 2.48. The van der Waals surface area contributed by atoms with E-state index >= 15 is 0 Å². The molecule has 0 atom stereocenters. The normalized spacial score (nSPS) is 11.2. The van der Waals surface area contributed by atoms with Crippen LogP contribution in [-0.4, -0.2) is 12.5 Å². The number of halogens is 3. The van der Waals surface area contributed by atoms with Crippen molar-refractivity contribution in [3.05, 3.63) is 59.7 Å². The molecule has 2 rings (SSSR count). The first-order chi connectivity index (χ1) is 11.4. The van der Waals surface area contributed by atoms with E-state index in [1.807, 2.05) is 6.92 Å². The van der Waals surface area contributed by atoms with E-state index in [1.165, 1.54) is 12.1 Å². The van der Waals surface area contributed by atoms with Crippen molar-refractivity contribution < 1.29 is 22.7 Å². The maximum Gasteiger partial charge on any atom is 0.416 e. The van der Waals surface area contributed by atoms with Crippen LogP contribution in [0.4, 0.5) is 18.9 Å². The third-order valence-electron chi connectivity index (χ3n) is 3.33. The van der Waals surface area contributed by atoms with Crippen molar-refractivity contribution >= 4 is 11.6 Å². The number of benzene rings is 2. The highest BCUT2D eigenvalue weighted by molar-refractivity contribution is 6.06. The van der Waals surface area contributed by atoms with Crippen LogP contribution in [0.5, 0.6) is 5.75 Å². The molecule has 0 bridgehead atoms. The number of carbonyl (C=O) groups is 1. The zero-order valence-corrected chi connectivity index (χ0v) is 13.2. The highest BCUT2D eigenvalue weighted by Crippen LogP contribution is 2.31. The molecule has 24 heavy (non-hydrogen) atoms. The Morgan fingerprint density at radius 1 is 1.12 bits per heavy atom. The Bertz CT molecular complexity index is 699. The summed E-state index contributed by atoms with van der Waals surface area (Å²) in [6, 6.07) is 11.2. The second kappa shape index (κ2) is 7.86. The molecule has 0 radical (unpaired) electrons. The molecule has 0 saturated carbocycles. The maximum atomic E-state index is 12.7. The van der Waals surface area contributed by atoms with E-state index < -0.39 is 17.6 Å². The number of hydrogen-bond donors (Lipinski definition) is 1. The van der Waals surface area contributed by atoms with Crippen LogP contribution in [-0.2, 0) is 6.18 Å². The van der Waals surface area contributed by atoms with Gasteiger partial charge in [-0.1, -0.05) is 31.5 Å². The lowest BCUT2D eigenvalue weighted by Gasteiger charge is -2.12. The minimum absolute atomic E-state index is 0.0817. The van der Waals surface area contributed by atoms with Gasteiger partial charge in [0.1, 0.15) is 5.75 Å². The summed E-state index contributed by atoms with van der Waals surface area (Å²) in [5.74, 6) is -0.100. The topological polar surface area (TPSA) is 38.3 Å². The molecule has 1 amide bonds. The number of amides is 1. The number of anilines is 1. The Morgan fingerprint density at radius 3 is 2.58 bits per heavy atom. The second-order valence-corrected chi connectivity index (χ2v) is 5.23. The van der Waals surface area contributed by atoms with Crippen molar-refractivity contribution in [1.29, 1.82) is 0 Å². The van der Waals surface area contributed by atoms with E-state index in [9.17, 15) is 18.0 Å². The second-order valence-electron chi connectivity index (χ2n) is 5.23. The molecule has 0 aliphatic heterocycles. The summed E-state index contributed by atoms with van der Waals surface area (Å²) in [5.41, 5.74) is -0.447. The predicted molar refractivity (Wildman–Crippen MR) is 86.2 cm³/mol. The van der Waals surface area contributed by atoms with E-state index in [1.54, 1.807) is 24.3 Å². The Kier molecular flexibility index (Phi) is 5.84. The molecule has 2 aromatic rings. The van der Waals surface area contributed by atoms with Crippen molar-refractivity contribution in [1.82, 2.24) is 0 Å². The molecule has 0 aliphatic carbocycles. The third-order valence-corrected chi connectivity index (χ3v) is 3.33. The monoisotopic (exact) mass is 337 g/mol. The summed E-state index contributed by atoms with van der Waals surface area (Å²) in [7, 11) is 0. The van der Waals surface area contributed by atoms with Crippen LogP contribution in [0.1, 0.15) is 35.7 Å². The van der Waals surface area contributed by atoms with Gasteiger partial charge in [0.05, 0.1) is 17.7 Å². The summed E-state index contributed by atoms with van der Waals surface area (Å²) in [4.78, 5) is 12.4. The van der Waals surface area contributed by atoms with Gasteiger partial charge >= 0.3 is 6.18 Å². The lowest BCUT2D eigenvalue weighted by Crippen LogP contribution is -2.14. The van der Waals surface area contributed by atoms with Crippen LogP contribution < -0.4 is 10.1 Å². The molecule has 0 aliphatic rings. The van der Waals surface area contributed by atoms with Crippen molar-refractivity contribution in [2.45, 2.75) is 25.9 Å². The number of unbranched alkanes of at least 4 members (excludes halogenated alkanes) is 1. The number of carbonyl (C=O) groups excluding carboxylic acids is 1. The van der Waals surface area contributed by atoms with Gasteiger partial charge in [-0.2, -0.15) is 13.2 Å². The summed E-state index contributed by atoms with van der Waals surface area (Å²) >= 11 is 0. The summed E-state index contributed by atoms with van der Waals surface area (Å²) < 4.78 is 43.8. The van der Waals surface area contributed by atoms with Crippen LogP contribution in [0, 0.1) is 0 Å². The fourth-order valence-corrected chi connectivity index (χ4v) is 2.08. The first-order valence-electron chi connectivity index (χ1n) is 7.62. The molecular formula is C18H18F3NO2. The molecule has 0 fully saturated rings. The van der Waals surface area contributed by atoms with Crippen LogP contribution in [0.25, 0.3) is 0 Å². The number of rotatable bonds is 6. The predicted octanol–water partition coefficient (Wildman–Crippen LogP) is 5.14. The zero-order valence-electron chi connectivity index (χ0n) is 13.2. The number of para-hydroxylation sites is 1. The van der Waals surface area contributed by atoms with Crippen molar-refractivity contribution in [3.8, 4) is 5.75 Å². The fraction of sp³-hybridized carbons (Fsp3) is 0.278. The minimum Gasteiger partial charge on any atom is -0.493 e. The lowest BCUT2D eigenvalue weighted by molar-refractivity contribution is -0.137. The van der Waals surface area contributed by atoms with E-state index in [-0.39, 0.29) is 11.3 Å². The molecule has 3 nitrogen and oxygen atoms in total. The highest BCUT2D eigenvalue weighted by Gasteiger charge is 2.30. The average molecular weight is 337 g/mol. The molecule has 0 heterocycles. The Labute approximate surface area is 138 Å². The molecule has 1 N–H and O–H groups in total. The molecule has 128 valence electrons. The Morgan fingerprint density at radius 2 is 1.88 bits per heavy atom. The first kappa shape index (κ1) is 17.8. The number of ether oxygens (including phenoxy) is 1. The Hall–Kier alpha value is -2.50. The van der Waals surface area contributed by atoms with Crippen LogP contribution in [0.15, 0.2) is 48.5 Å². The highest BCUT2D eigenvalue weighted by atomic mass is 19.4. The van der Waals surface area contributed by atoms with E-state index in [0.29, 0.717) is 12.4 Å². The lowest BCUT2D eigenvalue weighted by atomic mass is 10.1. The minimum atomic E-state index is -4.46. The largest absolute Gasteiger partial charge is 0.493 e. The van der Waals surface area contributed by atoms with Gasteiger partial charge in [-0.25, -0.2) is 0 Å². The van der Waals surface area contributed by atoms with Gasteiger partial charge in [0.15, 0.2) is 0 Å². The van der Waals surface area contributed by atoms with Gasteiger partial charge in [-0.05, 0) is 36.8 Å². The molecule has 6 heteroatoms. The Balaban J connectivity index is 2.16. The third kappa shape index (κ3) is 4.75. The zero-order chi connectivity index (χ0) is 17.6. The first-order valence-corrected chi connectivity index (χ1v) is 7.62. The molecule has 2 aromatic carbocycles. The van der Waals surface area contributed by atoms with Gasteiger partial charge in [0, 0.05) is 5.69 Å². The van der Waals surface area contributed by atoms with Gasteiger partial charge in [0.2, 0.25) is 0 Å². The summed E-state index contributed by atoms with van der Waals surface area (Å²) in [6.45, 7) is 2.50.